The molecule has 78 valence electrons. The fraction of sp³-hybridized carbons (Fsp3) is 0.818. The predicted octanol–water partition coefficient (Wildman–Crippen LogP) is 4.63. The summed E-state index contributed by atoms with van der Waals surface area (Å²) in [6, 6.07) is 0. The average molecular weight is 218 g/mol. The highest BCUT2D eigenvalue weighted by atomic mass is 32.2. The van der Waals surface area contributed by atoms with Gasteiger partial charge in [0.05, 0.1) is 0 Å². The van der Waals surface area contributed by atoms with Crippen LogP contribution in [0.15, 0.2) is 10.3 Å². The maximum Gasteiger partial charge on any atom is -0.00000339 e. The third kappa shape index (κ3) is 10.4. The van der Waals surface area contributed by atoms with E-state index in [2.05, 4.69) is 40.0 Å². The molecule has 0 aromatic carbocycles. The first kappa shape index (κ1) is 13.4. The SMILES string of the molecule is CC(=CSCC(C)C)SCC(C)C. The summed E-state index contributed by atoms with van der Waals surface area (Å²) >= 11 is 3.91. The van der Waals surface area contributed by atoms with Crippen molar-refractivity contribution in [1.29, 1.82) is 0 Å². The average Bonchev–Trinajstić information content (AvgIpc) is 2.00. The normalized spacial score (nSPS) is 13.0. The van der Waals surface area contributed by atoms with Crippen LogP contribution in [0.3, 0.4) is 0 Å². The Balaban J connectivity index is 3.51. The van der Waals surface area contributed by atoms with Gasteiger partial charge in [-0.1, -0.05) is 27.7 Å². The Morgan fingerprint density at radius 1 is 1.08 bits per heavy atom. The molecule has 0 rings (SSSR count). The van der Waals surface area contributed by atoms with Crippen LogP contribution in [0, 0.1) is 11.8 Å². The van der Waals surface area contributed by atoms with E-state index in [1.807, 2.05) is 23.5 Å². The standard InChI is InChI=1S/C11H22S2/c1-9(2)6-12-8-11(5)13-7-10(3)4/h8-10H,6-7H2,1-5H3. The molecular formula is C11H22S2. The van der Waals surface area contributed by atoms with Crippen LogP contribution in [0.1, 0.15) is 34.6 Å². The first-order valence-electron chi connectivity index (χ1n) is 4.93. The Morgan fingerprint density at radius 3 is 2.08 bits per heavy atom. The second kappa shape index (κ2) is 7.81. The number of thioether (sulfide) groups is 2. The van der Waals surface area contributed by atoms with Gasteiger partial charge in [0.2, 0.25) is 0 Å². The van der Waals surface area contributed by atoms with Gasteiger partial charge in [0, 0.05) is 0 Å². The third-order valence-electron chi connectivity index (χ3n) is 1.32. The van der Waals surface area contributed by atoms with E-state index in [1.165, 1.54) is 16.4 Å². The zero-order chi connectivity index (χ0) is 10.3. The van der Waals surface area contributed by atoms with E-state index in [0.29, 0.717) is 0 Å². The minimum Gasteiger partial charge on any atom is -0.133 e. The highest BCUT2D eigenvalue weighted by Crippen LogP contribution is 2.22. The van der Waals surface area contributed by atoms with E-state index in [1.54, 1.807) is 0 Å². The molecule has 0 spiro atoms. The van der Waals surface area contributed by atoms with Gasteiger partial charge < -0.3 is 0 Å². The number of rotatable bonds is 6. The Bertz CT molecular complexity index is 148. The summed E-state index contributed by atoms with van der Waals surface area (Å²) in [5.41, 5.74) is 0. The van der Waals surface area contributed by atoms with E-state index in [4.69, 9.17) is 0 Å². The molecule has 0 aromatic heterocycles. The van der Waals surface area contributed by atoms with Crippen LogP contribution < -0.4 is 0 Å². The molecule has 0 fully saturated rings. The van der Waals surface area contributed by atoms with Gasteiger partial charge in [0.15, 0.2) is 0 Å². The van der Waals surface area contributed by atoms with Crippen molar-refractivity contribution in [3.8, 4) is 0 Å². The highest BCUT2D eigenvalue weighted by Gasteiger charge is 1.96. The van der Waals surface area contributed by atoms with Crippen molar-refractivity contribution in [3.63, 3.8) is 0 Å². The Morgan fingerprint density at radius 2 is 1.62 bits per heavy atom. The van der Waals surface area contributed by atoms with Crippen LogP contribution in [-0.4, -0.2) is 11.5 Å². The summed E-state index contributed by atoms with van der Waals surface area (Å²) in [5, 5.41) is 2.30. The number of hydrogen-bond acceptors (Lipinski definition) is 2. The minimum absolute atomic E-state index is 0.795. The van der Waals surface area contributed by atoms with E-state index in [-0.39, 0.29) is 0 Å². The molecule has 0 aliphatic heterocycles. The van der Waals surface area contributed by atoms with E-state index < -0.39 is 0 Å². The van der Waals surface area contributed by atoms with Gasteiger partial charge in [-0.2, -0.15) is 0 Å². The lowest BCUT2D eigenvalue weighted by Gasteiger charge is -2.05. The Kier molecular flexibility index (Phi) is 8.07. The summed E-state index contributed by atoms with van der Waals surface area (Å²) in [6.07, 6.45) is 0. The smallest absolute Gasteiger partial charge is 0.00000339 e. The number of hydrogen-bond donors (Lipinski definition) is 0. The van der Waals surface area contributed by atoms with Crippen molar-refractivity contribution in [3.05, 3.63) is 10.3 Å². The van der Waals surface area contributed by atoms with Crippen LogP contribution in [0.5, 0.6) is 0 Å². The van der Waals surface area contributed by atoms with Crippen molar-refractivity contribution in [1.82, 2.24) is 0 Å². The first-order chi connectivity index (χ1) is 6.02. The maximum absolute atomic E-state index is 2.30. The molecule has 0 aromatic rings. The summed E-state index contributed by atoms with van der Waals surface area (Å²) < 4.78 is 0. The van der Waals surface area contributed by atoms with Gasteiger partial charge >= 0.3 is 0 Å². The first-order valence-corrected chi connectivity index (χ1v) is 6.97. The van der Waals surface area contributed by atoms with Crippen molar-refractivity contribution in [2.24, 2.45) is 11.8 Å². The van der Waals surface area contributed by atoms with Crippen molar-refractivity contribution >= 4 is 23.5 Å². The lowest BCUT2D eigenvalue weighted by Crippen LogP contribution is -1.90. The van der Waals surface area contributed by atoms with E-state index >= 15 is 0 Å². The second-order valence-electron chi connectivity index (χ2n) is 4.16. The lowest BCUT2D eigenvalue weighted by atomic mass is 10.3. The summed E-state index contributed by atoms with van der Waals surface area (Å²) in [6.45, 7) is 11.3. The fourth-order valence-electron chi connectivity index (χ4n) is 0.690. The molecule has 0 radical (unpaired) electrons. The molecule has 0 bridgehead atoms. The van der Waals surface area contributed by atoms with Crippen LogP contribution in [0.2, 0.25) is 0 Å². The maximum atomic E-state index is 2.30. The van der Waals surface area contributed by atoms with Crippen LogP contribution in [0.4, 0.5) is 0 Å². The molecule has 0 heterocycles. The molecule has 0 amide bonds. The van der Waals surface area contributed by atoms with Crippen LogP contribution >= 0.6 is 23.5 Å². The summed E-state index contributed by atoms with van der Waals surface area (Å²) in [5.74, 6) is 4.07. The molecule has 0 unspecified atom stereocenters. The van der Waals surface area contributed by atoms with Crippen molar-refractivity contribution < 1.29 is 0 Å². The van der Waals surface area contributed by atoms with Crippen molar-refractivity contribution in [2.45, 2.75) is 34.6 Å². The lowest BCUT2D eigenvalue weighted by molar-refractivity contribution is 0.751. The fourth-order valence-corrected chi connectivity index (χ4v) is 2.48. The molecule has 0 atom stereocenters. The van der Waals surface area contributed by atoms with Crippen LogP contribution in [-0.2, 0) is 0 Å². The summed E-state index contributed by atoms with van der Waals surface area (Å²) in [7, 11) is 0. The van der Waals surface area contributed by atoms with Gasteiger partial charge in [-0.3, -0.25) is 0 Å². The zero-order valence-electron chi connectivity index (χ0n) is 9.46. The monoisotopic (exact) mass is 218 g/mol. The van der Waals surface area contributed by atoms with Crippen LogP contribution in [0.25, 0.3) is 0 Å². The minimum atomic E-state index is 0.795. The third-order valence-corrected chi connectivity index (χ3v) is 4.26. The molecule has 2 heteroatoms. The van der Waals surface area contributed by atoms with Gasteiger partial charge in [0.1, 0.15) is 0 Å². The van der Waals surface area contributed by atoms with Gasteiger partial charge in [-0.15, -0.1) is 23.5 Å². The van der Waals surface area contributed by atoms with Crippen molar-refractivity contribution in [2.75, 3.05) is 11.5 Å². The second-order valence-corrected chi connectivity index (χ2v) is 6.33. The molecular weight excluding hydrogens is 196 g/mol. The van der Waals surface area contributed by atoms with Gasteiger partial charge in [0.25, 0.3) is 0 Å². The zero-order valence-corrected chi connectivity index (χ0v) is 11.1. The predicted molar refractivity (Wildman–Crippen MR) is 68.3 cm³/mol. The molecule has 0 saturated heterocycles. The van der Waals surface area contributed by atoms with E-state index in [9.17, 15) is 0 Å². The molecule has 0 saturated carbocycles. The largest absolute Gasteiger partial charge is 0.133 e. The molecule has 0 nitrogen and oxygen atoms in total. The topological polar surface area (TPSA) is 0 Å². The highest BCUT2D eigenvalue weighted by molar-refractivity contribution is 8.06. The van der Waals surface area contributed by atoms with Gasteiger partial charge in [-0.05, 0) is 40.6 Å². The number of allylic oxidation sites excluding steroid dienone is 1. The van der Waals surface area contributed by atoms with Gasteiger partial charge in [-0.25, -0.2) is 0 Å². The Labute approximate surface area is 91.9 Å². The summed E-state index contributed by atoms with van der Waals surface area (Å²) in [4.78, 5) is 1.46. The molecule has 0 N–H and O–H groups in total. The molecule has 13 heavy (non-hydrogen) atoms. The van der Waals surface area contributed by atoms with E-state index in [0.717, 1.165) is 11.8 Å². The quantitative estimate of drug-likeness (QED) is 0.638. The Hall–Kier alpha value is 0.440. The molecule has 0 aliphatic rings. The molecule has 0 aliphatic carbocycles.